The lowest BCUT2D eigenvalue weighted by Crippen LogP contribution is -2.19. The van der Waals surface area contributed by atoms with Gasteiger partial charge in [-0.05, 0) is 31.4 Å². The summed E-state index contributed by atoms with van der Waals surface area (Å²) in [6.45, 7) is 2.17. The van der Waals surface area contributed by atoms with Crippen molar-refractivity contribution in [1.29, 1.82) is 0 Å². The second-order valence-corrected chi connectivity index (χ2v) is 5.09. The highest BCUT2D eigenvalue weighted by molar-refractivity contribution is 7.16. The summed E-state index contributed by atoms with van der Waals surface area (Å²) < 4.78 is 0.874. The average molecular weight is 218 g/mol. The summed E-state index contributed by atoms with van der Waals surface area (Å²) >= 11 is 7.48. The van der Waals surface area contributed by atoms with E-state index in [1.807, 2.05) is 6.07 Å². The minimum absolute atomic E-state index is 0.353. The van der Waals surface area contributed by atoms with Crippen LogP contribution >= 0.6 is 22.9 Å². The zero-order valence-corrected chi connectivity index (χ0v) is 9.50. The number of halogens is 1. The van der Waals surface area contributed by atoms with Gasteiger partial charge in [0.1, 0.15) is 0 Å². The molecule has 0 radical (unpaired) electrons. The van der Waals surface area contributed by atoms with Gasteiger partial charge in [0.25, 0.3) is 0 Å². The molecule has 0 aliphatic heterocycles. The highest BCUT2D eigenvalue weighted by Gasteiger charge is 2.03. The van der Waals surface area contributed by atoms with Gasteiger partial charge in [-0.2, -0.15) is 0 Å². The van der Waals surface area contributed by atoms with Gasteiger partial charge in [-0.1, -0.05) is 24.9 Å². The molecule has 1 aromatic rings. The van der Waals surface area contributed by atoms with E-state index in [2.05, 4.69) is 13.0 Å². The maximum Gasteiger partial charge on any atom is 0.0931 e. The Morgan fingerprint density at radius 3 is 2.77 bits per heavy atom. The molecule has 0 aromatic carbocycles. The van der Waals surface area contributed by atoms with E-state index < -0.39 is 0 Å². The van der Waals surface area contributed by atoms with Gasteiger partial charge in [0.2, 0.25) is 0 Å². The van der Waals surface area contributed by atoms with E-state index >= 15 is 0 Å². The van der Waals surface area contributed by atoms with E-state index in [0.717, 1.165) is 23.6 Å². The van der Waals surface area contributed by atoms with Crippen molar-refractivity contribution in [2.45, 2.75) is 38.6 Å². The summed E-state index contributed by atoms with van der Waals surface area (Å²) in [7, 11) is 0. The second-order valence-electron chi connectivity index (χ2n) is 3.29. The van der Waals surface area contributed by atoms with E-state index in [1.54, 1.807) is 11.3 Å². The number of thiophene rings is 1. The van der Waals surface area contributed by atoms with Crippen LogP contribution in [0.25, 0.3) is 0 Å². The molecule has 0 saturated heterocycles. The Balaban J connectivity index is 2.26. The molecule has 1 aromatic heterocycles. The first-order valence-corrected chi connectivity index (χ1v) is 5.91. The Morgan fingerprint density at radius 1 is 1.46 bits per heavy atom. The van der Waals surface area contributed by atoms with Gasteiger partial charge in [-0.3, -0.25) is 0 Å². The van der Waals surface area contributed by atoms with E-state index in [0.29, 0.717) is 6.04 Å². The maximum absolute atomic E-state index is 5.91. The summed E-state index contributed by atoms with van der Waals surface area (Å²) in [5.41, 5.74) is 5.91. The molecule has 1 atom stereocenters. The van der Waals surface area contributed by atoms with Crippen molar-refractivity contribution in [3.63, 3.8) is 0 Å². The van der Waals surface area contributed by atoms with E-state index in [-0.39, 0.29) is 0 Å². The summed E-state index contributed by atoms with van der Waals surface area (Å²) in [4.78, 5) is 1.34. The van der Waals surface area contributed by atoms with Crippen LogP contribution in [0, 0.1) is 0 Å². The Labute approximate surface area is 88.9 Å². The van der Waals surface area contributed by atoms with Crippen LogP contribution in [-0.2, 0) is 6.42 Å². The lowest BCUT2D eigenvalue weighted by atomic mass is 10.1. The van der Waals surface area contributed by atoms with Crippen LogP contribution in [0.5, 0.6) is 0 Å². The molecule has 0 bridgehead atoms. The molecule has 0 saturated carbocycles. The summed E-state index contributed by atoms with van der Waals surface area (Å²) in [6.07, 6.45) is 4.44. The summed E-state index contributed by atoms with van der Waals surface area (Å²) in [6, 6.07) is 4.39. The highest BCUT2D eigenvalue weighted by atomic mass is 35.5. The van der Waals surface area contributed by atoms with Crippen LogP contribution in [-0.4, -0.2) is 6.04 Å². The van der Waals surface area contributed by atoms with Gasteiger partial charge in [-0.15, -0.1) is 11.3 Å². The summed E-state index contributed by atoms with van der Waals surface area (Å²) in [5.74, 6) is 0. The highest BCUT2D eigenvalue weighted by Crippen LogP contribution is 2.22. The predicted octanol–water partition coefficient (Wildman–Crippen LogP) is 3.46. The van der Waals surface area contributed by atoms with Gasteiger partial charge < -0.3 is 5.73 Å². The third-order valence-electron chi connectivity index (χ3n) is 2.05. The zero-order valence-electron chi connectivity index (χ0n) is 7.92. The minimum atomic E-state index is 0.353. The minimum Gasteiger partial charge on any atom is -0.328 e. The van der Waals surface area contributed by atoms with Crippen molar-refractivity contribution >= 4 is 22.9 Å². The number of nitrogens with two attached hydrogens (primary N) is 1. The first-order valence-electron chi connectivity index (χ1n) is 4.72. The smallest absolute Gasteiger partial charge is 0.0931 e. The normalized spacial score (nSPS) is 13.2. The second kappa shape index (κ2) is 5.63. The Bertz CT molecular complexity index is 247. The van der Waals surface area contributed by atoms with Gasteiger partial charge >= 0.3 is 0 Å². The quantitative estimate of drug-likeness (QED) is 0.803. The number of aryl methyl sites for hydroxylation is 1. The fraction of sp³-hybridized carbons (Fsp3) is 0.600. The van der Waals surface area contributed by atoms with Crippen LogP contribution in [0.2, 0.25) is 4.34 Å². The molecule has 1 heterocycles. The van der Waals surface area contributed by atoms with Crippen molar-refractivity contribution in [1.82, 2.24) is 0 Å². The monoisotopic (exact) mass is 217 g/mol. The predicted molar refractivity (Wildman–Crippen MR) is 60.5 cm³/mol. The third-order valence-corrected chi connectivity index (χ3v) is 3.34. The summed E-state index contributed by atoms with van der Waals surface area (Å²) in [5, 5.41) is 0. The molecule has 1 rings (SSSR count). The molecule has 13 heavy (non-hydrogen) atoms. The van der Waals surface area contributed by atoms with Crippen molar-refractivity contribution in [2.24, 2.45) is 5.73 Å². The Hall–Kier alpha value is -0.0500. The third kappa shape index (κ3) is 4.12. The van der Waals surface area contributed by atoms with E-state index in [9.17, 15) is 0 Å². The van der Waals surface area contributed by atoms with Crippen LogP contribution in [0.3, 0.4) is 0 Å². The average Bonchev–Trinajstić information content (AvgIpc) is 2.49. The molecule has 74 valence electrons. The topological polar surface area (TPSA) is 26.0 Å². The zero-order chi connectivity index (χ0) is 9.68. The standard InChI is InChI=1S/C10H16ClNS/c1-2-3-8(12)4-5-9-6-7-10(11)13-9/h6-8H,2-5,12H2,1H3. The molecule has 1 unspecified atom stereocenters. The van der Waals surface area contributed by atoms with Crippen LogP contribution in [0.15, 0.2) is 12.1 Å². The lowest BCUT2D eigenvalue weighted by Gasteiger charge is -2.08. The van der Waals surface area contributed by atoms with Crippen molar-refractivity contribution in [2.75, 3.05) is 0 Å². The van der Waals surface area contributed by atoms with E-state index in [1.165, 1.54) is 11.3 Å². The fourth-order valence-electron chi connectivity index (χ4n) is 1.33. The molecule has 0 spiro atoms. The number of hydrogen-bond donors (Lipinski definition) is 1. The molecule has 2 N–H and O–H groups in total. The first-order chi connectivity index (χ1) is 6.22. The number of rotatable bonds is 5. The Kier molecular flexibility index (Phi) is 4.78. The van der Waals surface area contributed by atoms with Gasteiger partial charge in [0.15, 0.2) is 0 Å². The molecular weight excluding hydrogens is 202 g/mol. The molecule has 1 nitrogen and oxygen atoms in total. The Morgan fingerprint density at radius 2 is 2.23 bits per heavy atom. The maximum atomic E-state index is 5.91. The van der Waals surface area contributed by atoms with Crippen molar-refractivity contribution < 1.29 is 0 Å². The molecular formula is C10H16ClNS. The van der Waals surface area contributed by atoms with Crippen LogP contribution < -0.4 is 5.73 Å². The van der Waals surface area contributed by atoms with Gasteiger partial charge in [0.05, 0.1) is 4.34 Å². The fourth-order valence-corrected chi connectivity index (χ4v) is 2.43. The first kappa shape index (κ1) is 11.0. The van der Waals surface area contributed by atoms with Crippen molar-refractivity contribution in [3.8, 4) is 0 Å². The van der Waals surface area contributed by atoms with Gasteiger partial charge in [0, 0.05) is 10.9 Å². The van der Waals surface area contributed by atoms with Gasteiger partial charge in [-0.25, -0.2) is 0 Å². The SMILES string of the molecule is CCCC(N)CCc1ccc(Cl)s1. The molecule has 0 aliphatic carbocycles. The molecule has 0 fully saturated rings. The molecule has 0 amide bonds. The van der Waals surface area contributed by atoms with Crippen LogP contribution in [0.4, 0.5) is 0 Å². The van der Waals surface area contributed by atoms with Crippen LogP contribution in [0.1, 0.15) is 31.1 Å². The molecule has 0 aliphatic rings. The largest absolute Gasteiger partial charge is 0.328 e. The number of hydrogen-bond acceptors (Lipinski definition) is 2. The molecule has 3 heteroatoms. The van der Waals surface area contributed by atoms with Crippen molar-refractivity contribution in [3.05, 3.63) is 21.3 Å². The lowest BCUT2D eigenvalue weighted by molar-refractivity contribution is 0.563. The van der Waals surface area contributed by atoms with E-state index in [4.69, 9.17) is 17.3 Å².